The molecule has 1 atom stereocenters. The van der Waals surface area contributed by atoms with Crippen molar-refractivity contribution in [3.8, 4) is 0 Å². The highest BCUT2D eigenvalue weighted by molar-refractivity contribution is 7.09. The van der Waals surface area contributed by atoms with Crippen LogP contribution in [0.15, 0.2) is 47.8 Å². The number of aryl methyl sites for hydroxylation is 1. The minimum absolute atomic E-state index is 0.0379. The van der Waals surface area contributed by atoms with Crippen LogP contribution in [0.4, 0.5) is 5.69 Å². The Morgan fingerprint density at radius 2 is 2.12 bits per heavy atom. The molecule has 1 aliphatic heterocycles. The van der Waals surface area contributed by atoms with Crippen molar-refractivity contribution in [1.82, 2.24) is 14.9 Å². The van der Waals surface area contributed by atoms with Crippen LogP contribution < -0.4 is 10.6 Å². The Bertz CT molecular complexity index is 886. The van der Waals surface area contributed by atoms with Crippen LogP contribution in [0.1, 0.15) is 33.3 Å². The Balaban J connectivity index is 1.46. The number of para-hydroxylation sites is 1. The van der Waals surface area contributed by atoms with Crippen LogP contribution in [0, 0.1) is 6.92 Å². The second-order valence-electron chi connectivity index (χ2n) is 6.58. The molecule has 134 valence electrons. The highest BCUT2D eigenvalue weighted by Crippen LogP contribution is 2.22. The van der Waals surface area contributed by atoms with Gasteiger partial charge in [-0.1, -0.05) is 24.3 Å². The summed E-state index contributed by atoms with van der Waals surface area (Å²) in [5.41, 5.74) is 2.64. The fourth-order valence-corrected chi connectivity index (χ4v) is 4.12. The Labute approximate surface area is 157 Å². The molecular weight excluding hydrogens is 344 g/mol. The first-order valence-corrected chi connectivity index (χ1v) is 9.77. The highest BCUT2D eigenvalue weighted by atomic mass is 32.1. The molecule has 1 aromatic carbocycles. The van der Waals surface area contributed by atoms with Gasteiger partial charge in [0.25, 0.3) is 5.91 Å². The zero-order chi connectivity index (χ0) is 17.9. The Morgan fingerprint density at radius 1 is 1.27 bits per heavy atom. The first-order valence-electron chi connectivity index (χ1n) is 8.89. The van der Waals surface area contributed by atoms with E-state index >= 15 is 0 Å². The van der Waals surface area contributed by atoms with Gasteiger partial charge < -0.3 is 15.2 Å². The van der Waals surface area contributed by atoms with Crippen LogP contribution >= 0.6 is 11.3 Å². The predicted molar refractivity (Wildman–Crippen MR) is 105 cm³/mol. The van der Waals surface area contributed by atoms with Crippen LogP contribution in [0.25, 0.3) is 0 Å². The van der Waals surface area contributed by atoms with Crippen molar-refractivity contribution >= 4 is 22.9 Å². The minimum atomic E-state index is -0.0379. The third-order valence-electron chi connectivity index (χ3n) is 4.71. The number of amides is 1. The van der Waals surface area contributed by atoms with Gasteiger partial charge in [-0.2, -0.15) is 0 Å². The highest BCUT2D eigenvalue weighted by Gasteiger charge is 2.26. The van der Waals surface area contributed by atoms with Gasteiger partial charge >= 0.3 is 0 Å². The van der Waals surface area contributed by atoms with Crippen molar-refractivity contribution < 1.29 is 4.79 Å². The third kappa shape index (κ3) is 3.51. The van der Waals surface area contributed by atoms with E-state index in [-0.39, 0.29) is 5.91 Å². The van der Waals surface area contributed by atoms with Gasteiger partial charge in [0.2, 0.25) is 0 Å². The van der Waals surface area contributed by atoms with E-state index in [9.17, 15) is 4.79 Å². The Hall–Kier alpha value is -2.60. The fraction of sp³-hybridized carbons (Fsp3) is 0.300. The Morgan fingerprint density at radius 3 is 2.88 bits per heavy atom. The second-order valence-corrected chi connectivity index (χ2v) is 7.61. The molecule has 0 aliphatic carbocycles. The lowest BCUT2D eigenvalue weighted by Crippen LogP contribution is -2.33. The van der Waals surface area contributed by atoms with Gasteiger partial charge in [-0.05, 0) is 36.9 Å². The quantitative estimate of drug-likeness (QED) is 0.725. The first kappa shape index (κ1) is 16.8. The van der Waals surface area contributed by atoms with E-state index in [0.29, 0.717) is 18.3 Å². The Kier molecular flexibility index (Phi) is 4.75. The molecule has 0 radical (unpaired) electrons. The van der Waals surface area contributed by atoms with Crippen LogP contribution in [-0.2, 0) is 19.5 Å². The van der Waals surface area contributed by atoms with Gasteiger partial charge in [-0.3, -0.25) is 4.79 Å². The topological polar surface area (TPSA) is 59.0 Å². The number of anilines is 1. The summed E-state index contributed by atoms with van der Waals surface area (Å²) in [6, 6.07) is 14.6. The summed E-state index contributed by atoms with van der Waals surface area (Å²) in [6.45, 7) is 3.29. The van der Waals surface area contributed by atoms with Gasteiger partial charge in [0.1, 0.15) is 11.5 Å². The zero-order valence-electron chi connectivity index (χ0n) is 14.7. The monoisotopic (exact) mass is 366 g/mol. The summed E-state index contributed by atoms with van der Waals surface area (Å²) >= 11 is 1.65. The molecule has 0 spiro atoms. The lowest BCUT2D eigenvalue weighted by atomic mass is 10.1. The SMILES string of the molecule is Cc1nc2n(c1C(=O)NCc1cccs1)CCC(Nc1ccccc1)C2. The van der Waals surface area contributed by atoms with E-state index in [0.717, 1.165) is 41.5 Å². The summed E-state index contributed by atoms with van der Waals surface area (Å²) in [7, 11) is 0. The largest absolute Gasteiger partial charge is 0.382 e. The summed E-state index contributed by atoms with van der Waals surface area (Å²) in [4.78, 5) is 18.5. The van der Waals surface area contributed by atoms with Crippen LogP contribution in [0.5, 0.6) is 0 Å². The molecular formula is C20H22N4OS. The van der Waals surface area contributed by atoms with Crippen molar-refractivity contribution in [3.05, 3.63) is 69.9 Å². The van der Waals surface area contributed by atoms with Gasteiger partial charge in [-0.25, -0.2) is 4.98 Å². The number of thiophene rings is 1. The molecule has 0 bridgehead atoms. The molecule has 2 aromatic heterocycles. The number of aromatic nitrogens is 2. The number of fused-ring (bicyclic) bond motifs is 1. The molecule has 2 N–H and O–H groups in total. The number of carbonyl (C=O) groups excluding carboxylic acids is 1. The maximum atomic E-state index is 12.7. The van der Waals surface area contributed by atoms with Gasteiger partial charge in [0.15, 0.2) is 0 Å². The first-order chi connectivity index (χ1) is 12.7. The molecule has 4 rings (SSSR count). The van der Waals surface area contributed by atoms with Crippen LogP contribution in [-0.4, -0.2) is 21.5 Å². The molecule has 0 fully saturated rings. The van der Waals surface area contributed by atoms with Gasteiger partial charge in [-0.15, -0.1) is 11.3 Å². The van der Waals surface area contributed by atoms with Crippen molar-refractivity contribution in [2.45, 2.75) is 38.9 Å². The van der Waals surface area contributed by atoms with Crippen LogP contribution in [0.2, 0.25) is 0 Å². The summed E-state index contributed by atoms with van der Waals surface area (Å²) < 4.78 is 2.09. The lowest BCUT2D eigenvalue weighted by molar-refractivity contribution is 0.0940. The van der Waals surface area contributed by atoms with E-state index in [4.69, 9.17) is 0 Å². The summed E-state index contributed by atoms with van der Waals surface area (Å²) in [5, 5.41) is 8.62. The van der Waals surface area contributed by atoms with E-state index < -0.39 is 0 Å². The van der Waals surface area contributed by atoms with E-state index in [2.05, 4.69) is 32.3 Å². The third-order valence-corrected chi connectivity index (χ3v) is 5.59. The number of imidazole rings is 1. The lowest BCUT2D eigenvalue weighted by Gasteiger charge is -2.26. The van der Waals surface area contributed by atoms with Crippen molar-refractivity contribution in [3.63, 3.8) is 0 Å². The van der Waals surface area contributed by atoms with Gasteiger partial charge in [0.05, 0.1) is 12.2 Å². The van der Waals surface area contributed by atoms with E-state index in [1.54, 1.807) is 11.3 Å². The smallest absolute Gasteiger partial charge is 0.270 e. The molecule has 3 heterocycles. The summed E-state index contributed by atoms with van der Waals surface area (Å²) in [6.07, 6.45) is 1.80. The molecule has 1 aliphatic rings. The molecule has 3 aromatic rings. The van der Waals surface area contributed by atoms with Crippen molar-refractivity contribution in [1.29, 1.82) is 0 Å². The van der Waals surface area contributed by atoms with E-state index in [1.165, 1.54) is 0 Å². The fourth-order valence-electron chi connectivity index (χ4n) is 3.48. The normalized spacial score (nSPS) is 16.1. The molecule has 0 saturated carbocycles. The number of nitrogens with zero attached hydrogens (tertiary/aromatic N) is 2. The summed E-state index contributed by atoms with van der Waals surface area (Å²) in [5.74, 6) is 0.951. The molecule has 26 heavy (non-hydrogen) atoms. The number of carbonyl (C=O) groups is 1. The average molecular weight is 366 g/mol. The molecule has 1 unspecified atom stereocenters. The molecule has 1 amide bonds. The van der Waals surface area contributed by atoms with Crippen molar-refractivity contribution in [2.75, 3.05) is 5.32 Å². The number of hydrogen-bond acceptors (Lipinski definition) is 4. The number of benzene rings is 1. The number of rotatable bonds is 5. The zero-order valence-corrected chi connectivity index (χ0v) is 15.6. The standard InChI is InChI=1S/C20H22N4OS/c1-14-19(20(25)21-13-17-8-5-11-26-17)24-10-9-16(12-18(24)22-14)23-15-6-3-2-4-7-15/h2-8,11,16,23H,9-10,12-13H2,1H3,(H,21,25). The average Bonchev–Trinajstić information content (AvgIpc) is 3.27. The maximum Gasteiger partial charge on any atom is 0.270 e. The second kappa shape index (κ2) is 7.33. The van der Waals surface area contributed by atoms with Crippen molar-refractivity contribution in [2.24, 2.45) is 0 Å². The van der Waals surface area contributed by atoms with Crippen LogP contribution in [0.3, 0.4) is 0 Å². The predicted octanol–water partition coefficient (Wildman–Crippen LogP) is 3.61. The minimum Gasteiger partial charge on any atom is -0.382 e. The molecule has 6 heteroatoms. The maximum absolute atomic E-state index is 12.7. The number of hydrogen-bond donors (Lipinski definition) is 2. The molecule has 0 saturated heterocycles. The molecule has 5 nitrogen and oxygen atoms in total. The number of nitrogens with one attached hydrogen (secondary N) is 2. The van der Waals surface area contributed by atoms with E-state index in [1.807, 2.05) is 42.6 Å². The van der Waals surface area contributed by atoms with Gasteiger partial charge in [0, 0.05) is 29.6 Å².